The molecule has 100 valence electrons. The zero-order chi connectivity index (χ0) is 12.8. The van der Waals surface area contributed by atoms with Crippen LogP contribution in [-0.4, -0.2) is 17.7 Å². The van der Waals surface area contributed by atoms with Crippen LogP contribution < -0.4 is 5.32 Å². The van der Waals surface area contributed by atoms with Crippen LogP contribution in [0.2, 0.25) is 0 Å². The first-order chi connectivity index (χ1) is 8.78. The van der Waals surface area contributed by atoms with Crippen molar-refractivity contribution in [1.82, 2.24) is 5.32 Å². The fourth-order valence-corrected chi connectivity index (χ4v) is 2.27. The van der Waals surface area contributed by atoms with Gasteiger partial charge < -0.3 is 10.4 Å². The minimum absolute atomic E-state index is 0.136. The molecule has 2 nitrogen and oxygen atoms in total. The van der Waals surface area contributed by atoms with Crippen molar-refractivity contribution in [3.05, 3.63) is 35.4 Å². The molecular formula is C16H25NO. The van der Waals surface area contributed by atoms with E-state index in [1.54, 1.807) is 0 Å². The van der Waals surface area contributed by atoms with E-state index in [0.717, 1.165) is 24.4 Å². The van der Waals surface area contributed by atoms with E-state index in [2.05, 4.69) is 24.4 Å². The molecule has 18 heavy (non-hydrogen) atoms. The molecule has 1 aliphatic carbocycles. The topological polar surface area (TPSA) is 32.3 Å². The summed E-state index contributed by atoms with van der Waals surface area (Å²) in [6.45, 7) is 3.47. The highest BCUT2D eigenvalue weighted by atomic mass is 16.3. The number of hydrogen-bond acceptors (Lipinski definition) is 2. The molecule has 0 bridgehead atoms. The van der Waals surface area contributed by atoms with Crippen LogP contribution in [0.4, 0.5) is 0 Å². The molecule has 0 aromatic heterocycles. The van der Waals surface area contributed by atoms with E-state index in [4.69, 9.17) is 5.11 Å². The first kappa shape index (κ1) is 13.6. The first-order valence-corrected chi connectivity index (χ1v) is 7.20. The van der Waals surface area contributed by atoms with E-state index < -0.39 is 0 Å². The number of aliphatic hydroxyl groups excluding tert-OH is 1. The lowest BCUT2D eigenvalue weighted by molar-refractivity contribution is 0.282. The first-order valence-electron chi connectivity index (χ1n) is 7.20. The lowest BCUT2D eigenvalue weighted by Gasteiger charge is -2.13. The summed E-state index contributed by atoms with van der Waals surface area (Å²) in [5.41, 5.74) is 2.33. The van der Waals surface area contributed by atoms with Crippen LogP contribution >= 0.6 is 0 Å². The molecule has 1 aromatic rings. The lowest BCUT2D eigenvalue weighted by atomic mass is 10.1. The molecule has 0 aliphatic heterocycles. The Labute approximate surface area is 110 Å². The average molecular weight is 247 g/mol. The van der Waals surface area contributed by atoms with E-state index in [-0.39, 0.29) is 6.61 Å². The van der Waals surface area contributed by atoms with Gasteiger partial charge in [-0.25, -0.2) is 0 Å². The second-order valence-corrected chi connectivity index (χ2v) is 5.60. The molecule has 1 aliphatic rings. The molecule has 2 heteroatoms. The molecule has 1 atom stereocenters. The number of aliphatic hydroxyl groups is 1. The summed E-state index contributed by atoms with van der Waals surface area (Å²) >= 11 is 0. The fourth-order valence-electron chi connectivity index (χ4n) is 2.27. The summed E-state index contributed by atoms with van der Waals surface area (Å²) in [5, 5.41) is 12.6. The normalized spacial score (nSPS) is 16.8. The van der Waals surface area contributed by atoms with E-state index >= 15 is 0 Å². The Morgan fingerprint density at radius 3 is 2.50 bits per heavy atom. The molecule has 0 heterocycles. The van der Waals surface area contributed by atoms with Crippen molar-refractivity contribution in [3.63, 3.8) is 0 Å². The second-order valence-electron chi connectivity index (χ2n) is 5.60. The van der Waals surface area contributed by atoms with E-state index in [1.807, 2.05) is 12.1 Å². The highest BCUT2D eigenvalue weighted by Crippen LogP contribution is 2.33. The zero-order valence-corrected chi connectivity index (χ0v) is 11.4. The number of rotatable bonds is 8. The number of hydrogen-bond donors (Lipinski definition) is 2. The monoisotopic (exact) mass is 247 g/mol. The third kappa shape index (κ3) is 4.79. The Hall–Kier alpha value is -0.860. The standard InChI is InChI=1S/C16H25NO/c1-13(2-3-14-4-5-14)17-11-10-15-6-8-16(12-18)9-7-15/h6-9,13-14,17-18H,2-5,10-12H2,1H3. The molecular weight excluding hydrogens is 222 g/mol. The third-order valence-corrected chi connectivity index (χ3v) is 3.82. The molecule has 0 radical (unpaired) electrons. The van der Waals surface area contributed by atoms with Gasteiger partial charge in [0.15, 0.2) is 0 Å². The molecule has 0 spiro atoms. The molecule has 1 saturated carbocycles. The average Bonchev–Trinajstić information content (AvgIpc) is 3.21. The summed E-state index contributed by atoms with van der Waals surface area (Å²) in [6, 6.07) is 8.88. The molecule has 2 rings (SSSR count). The Balaban J connectivity index is 1.60. The minimum Gasteiger partial charge on any atom is -0.392 e. The maximum atomic E-state index is 8.97. The third-order valence-electron chi connectivity index (χ3n) is 3.82. The van der Waals surface area contributed by atoms with Crippen LogP contribution in [0.1, 0.15) is 43.7 Å². The zero-order valence-electron chi connectivity index (χ0n) is 11.4. The van der Waals surface area contributed by atoms with Gasteiger partial charge in [-0.05, 0) is 49.8 Å². The van der Waals surface area contributed by atoms with Gasteiger partial charge in [-0.3, -0.25) is 0 Å². The Bertz CT molecular complexity index is 343. The minimum atomic E-state index is 0.136. The van der Waals surface area contributed by atoms with Crippen molar-refractivity contribution in [1.29, 1.82) is 0 Å². The number of benzene rings is 1. The van der Waals surface area contributed by atoms with Crippen molar-refractivity contribution < 1.29 is 5.11 Å². The highest BCUT2D eigenvalue weighted by Gasteiger charge is 2.21. The quantitative estimate of drug-likeness (QED) is 0.740. The smallest absolute Gasteiger partial charge is 0.0681 e. The van der Waals surface area contributed by atoms with Gasteiger partial charge in [0.25, 0.3) is 0 Å². The second kappa shape index (κ2) is 6.91. The maximum Gasteiger partial charge on any atom is 0.0681 e. The van der Waals surface area contributed by atoms with Gasteiger partial charge in [0, 0.05) is 6.04 Å². The Morgan fingerprint density at radius 1 is 1.22 bits per heavy atom. The Morgan fingerprint density at radius 2 is 1.89 bits per heavy atom. The van der Waals surface area contributed by atoms with Crippen LogP contribution in [0.3, 0.4) is 0 Å². The molecule has 0 amide bonds. The van der Waals surface area contributed by atoms with Crippen LogP contribution in [0.5, 0.6) is 0 Å². The summed E-state index contributed by atoms with van der Waals surface area (Å²) in [7, 11) is 0. The van der Waals surface area contributed by atoms with Crippen molar-refractivity contribution in [2.45, 2.75) is 51.7 Å². The largest absolute Gasteiger partial charge is 0.392 e. The summed E-state index contributed by atoms with van der Waals surface area (Å²) in [5.74, 6) is 1.04. The van der Waals surface area contributed by atoms with E-state index in [0.29, 0.717) is 6.04 Å². The van der Waals surface area contributed by atoms with Gasteiger partial charge >= 0.3 is 0 Å². The Kier molecular flexibility index (Phi) is 5.21. The SMILES string of the molecule is CC(CCC1CC1)NCCc1ccc(CO)cc1. The number of nitrogens with one attached hydrogen (secondary N) is 1. The maximum absolute atomic E-state index is 8.97. The molecule has 1 unspecified atom stereocenters. The van der Waals surface area contributed by atoms with Gasteiger partial charge in [-0.2, -0.15) is 0 Å². The fraction of sp³-hybridized carbons (Fsp3) is 0.625. The van der Waals surface area contributed by atoms with Crippen molar-refractivity contribution in [3.8, 4) is 0 Å². The van der Waals surface area contributed by atoms with Crippen molar-refractivity contribution in [2.75, 3.05) is 6.54 Å². The highest BCUT2D eigenvalue weighted by molar-refractivity contribution is 5.22. The summed E-state index contributed by atoms with van der Waals surface area (Å²) in [4.78, 5) is 0. The lowest BCUT2D eigenvalue weighted by Crippen LogP contribution is -2.28. The van der Waals surface area contributed by atoms with Gasteiger partial charge in [-0.1, -0.05) is 37.1 Å². The van der Waals surface area contributed by atoms with Gasteiger partial charge in [0.1, 0.15) is 0 Å². The summed E-state index contributed by atoms with van der Waals surface area (Å²) in [6.07, 6.45) is 6.71. The van der Waals surface area contributed by atoms with Crippen LogP contribution in [-0.2, 0) is 13.0 Å². The van der Waals surface area contributed by atoms with Crippen LogP contribution in [0.25, 0.3) is 0 Å². The predicted octanol–water partition coefficient (Wildman–Crippen LogP) is 2.89. The summed E-state index contributed by atoms with van der Waals surface area (Å²) < 4.78 is 0. The molecule has 0 saturated heterocycles. The predicted molar refractivity (Wildman–Crippen MR) is 75.5 cm³/mol. The van der Waals surface area contributed by atoms with E-state index in [9.17, 15) is 0 Å². The van der Waals surface area contributed by atoms with Crippen LogP contribution in [0.15, 0.2) is 24.3 Å². The van der Waals surface area contributed by atoms with Crippen molar-refractivity contribution >= 4 is 0 Å². The van der Waals surface area contributed by atoms with Crippen molar-refractivity contribution in [2.24, 2.45) is 5.92 Å². The van der Waals surface area contributed by atoms with E-state index in [1.165, 1.54) is 31.2 Å². The molecule has 1 fully saturated rings. The molecule has 2 N–H and O–H groups in total. The van der Waals surface area contributed by atoms with Gasteiger partial charge in [0.2, 0.25) is 0 Å². The molecule has 1 aromatic carbocycles. The van der Waals surface area contributed by atoms with Gasteiger partial charge in [0.05, 0.1) is 6.61 Å². The van der Waals surface area contributed by atoms with Crippen LogP contribution in [0, 0.1) is 5.92 Å². The van der Waals surface area contributed by atoms with Gasteiger partial charge in [-0.15, -0.1) is 0 Å².